The van der Waals surface area contributed by atoms with Crippen molar-refractivity contribution < 1.29 is 14.0 Å². The van der Waals surface area contributed by atoms with Crippen LogP contribution in [0.15, 0.2) is 72.8 Å². The second-order valence-electron chi connectivity index (χ2n) is 9.82. The highest BCUT2D eigenvalue weighted by molar-refractivity contribution is 6.06. The number of halogens is 1. The van der Waals surface area contributed by atoms with Gasteiger partial charge in [-0.15, -0.1) is 0 Å². The monoisotopic (exact) mass is 485 g/mol. The first kappa shape index (κ1) is 24.0. The zero-order valence-electron chi connectivity index (χ0n) is 20.5. The summed E-state index contributed by atoms with van der Waals surface area (Å²) in [5, 5.41) is 2.84. The molecule has 0 bridgehead atoms. The Balaban J connectivity index is 1.34. The Hall–Kier alpha value is -3.67. The molecule has 0 saturated carbocycles. The van der Waals surface area contributed by atoms with E-state index in [4.69, 9.17) is 0 Å². The number of amides is 2. The maximum atomic E-state index is 13.6. The van der Waals surface area contributed by atoms with Gasteiger partial charge in [-0.25, -0.2) is 4.39 Å². The fourth-order valence-corrected chi connectivity index (χ4v) is 5.31. The second-order valence-corrected chi connectivity index (χ2v) is 9.82. The molecular formula is C30H32FN3O2. The van der Waals surface area contributed by atoms with Crippen molar-refractivity contribution in [2.45, 2.75) is 32.1 Å². The fourth-order valence-electron chi connectivity index (χ4n) is 5.31. The molecule has 36 heavy (non-hydrogen) atoms. The highest BCUT2D eigenvalue weighted by Gasteiger charge is 2.27. The van der Waals surface area contributed by atoms with Gasteiger partial charge in [-0.3, -0.25) is 9.59 Å². The first-order chi connectivity index (χ1) is 17.6. The number of nitrogens with zero attached hydrogens (tertiary/aromatic N) is 2. The lowest BCUT2D eigenvalue weighted by Gasteiger charge is -2.35. The molecule has 5 nitrogen and oxygen atoms in total. The van der Waals surface area contributed by atoms with E-state index in [9.17, 15) is 14.0 Å². The van der Waals surface area contributed by atoms with E-state index < -0.39 is 11.7 Å². The van der Waals surface area contributed by atoms with E-state index in [0.29, 0.717) is 17.2 Å². The predicted molar refractivity (Wildman–Crippen MR) is 141 cm³/mol. The van der Waals surface area contributed by atoms with Crippen LogP contribution in [0.3, 0.4) is 0 Å². The lowest BCUT2D eigenvalue weighted by Crippen LogP contribution is -2.36. The second kappa shape index (κ2) is 10.9. The van der Waals surface area contributed by atoms with E-state index in [0.717, 1.165) is 64.0 Å². The van der Waals surface area contributed by atoms with Crippen LogP contribution in [0.25, 0.3) is 0 Å². The van der Waals surface area contributed by atoms with Crippen LogP contribution in [0.2, 0.25) is 0 Å². The summed E-state index contributed by atoms with van der Waals surface area (Å²) in [5.74, 6) is -0.218. The molecule has 0 atom stereocenters. The number of anilines is 2. The minimum Gasteiger partial charge on any atom is -0.371 e. The number of hydrogen-bond donors (Lipinski definition) is 1. The van der Waals surface area contributed by atoms with Crippen LogP contribution in [0.1, 0.15) is 52.0 Å². The van der Waals surface area contributed by atoms with Gasteiger partial charge in [-0.1, -0.05) is 36.4 Å². The summed E-state index contributed by atoms with van der Waals surface area (Å²) in [5.41, 5.74) is 3.70. The van der Waals surface area contributed by atoms with E-state index in [2.05, 4.69) is 40.5 Å². The van der Waals surface area contributed by atoms with Gasteiger partial charge in [-0.2, -0.15) is 0 Å². The van der Waals surface area contributed by atoms with Crippen molar-refractivity contribution in [3.8, 4) is 0 Å². The van der Waals surface area contributed by atoms with Crippen molar-refractivity contribution in [2.75, 3.05) is 36.4 Å². The molecule has 6 heteroatoms. The van der Waals surface area contributed by atoms with Crippen molar-refractivity contribution in [3.05, 3.63) is 95.3 Å². The standard InChI is InChI=1S/C30H32FN3O2/c31-25-10-6-9-24(20-25)29(35)32-26-11-12-28(27(21-26)30(36)34-15-4-5-16-34)33-17-13-23(14-18-33)19-22-7-2-1-3-8-22/h1-3,6-12,20-21,23H,4-5,13-19H2,(H,32,35). The number of likely N-dealkylation sites (tertiary alicyclic amines) is 1. The maximum Gasteiger partial charge on any atom is 0.256 e. The van der Waals surface area contributed by atoms with Crippen LogP contribution in [0.4, 0.5) is 15.8 Å². The van der Waals surface area contributed by atoms with Gasteiger partial charge in [0, 0.05) is 43.1 Å². The Kier molecular flexibility index (Phi) is 7.31. The van der Waals surface area contributed by atoms with Gasteiger partial charge in [0.2, 0.25) is 0 Å². The molecule has 0 unspecified atom stereocenters. The van der Waals surface area contributed by atoms with Crippen LogP contribution in [-0.2, 0) is 6.42 Å². The highest BCUT2D eigenvalue weighted by atomic mass is 19.1. The van der Waals surface area contributed by atoms with Gasteiger partial charge in [0.05, 0.1) is 5.56 Å². The van der Waals surface area contributed by atoms with Gasteiger partial charge in [0.25, 0.3) is 11.8 Å². The summed E-state index contributed by atoms with van der Waals surface area (Å²) in [6.45, 7) is 3.31. The molecule has 2 aliphatic heterocycles. The number of benzene rings is 3. The van der Waals surface area contributed by atoms with Gasteiger partial charge in [0.15, 0.2) is 0 Å². The molecule has 2 saturated heterocycles. The average Bonchev–Trinajstić information content (AvgIpc) is 3.45. The molecule has 0 aliphatic carbocycles. The van der Waals surface area contributed by atoms with E-state index in [1.807, 2.05) is 17.0 Å². The molecule has 5 rings (SSSR count). The molecule has 3 aromatic carbocycles. The van der Waals surface area contributed by atoms with Gasteiger partial charge in [-0.05, 0) is 80.0 Å². The highest BCUT2D eigenvalue weighted by Crippen LogP contribution is 2.31. The summed E-state index contributed by atoms with van der Waals surface area (Å²) in [6.07, 6.45) is 5.26. The Bertz CT molecular complexity index is 1220. The molecule has 2 heterocycles. The first-order valence-corrected chi connectivity index (χ1v) is 12.9. The van der Waals surface area contributed by atoms with Crippen molar-refractivity contribution in [3.63, 3.8) is 0 Å². The summed E-state index contributed by atoms with van der Waals surface area (Å²) in [4.78, 5) is 30.4. The third kappa shape index (κ3) is 5.59. The SMILES string of the molecule is O=C(Nc1ccc(N2CCC(Cc3ccccc3)CC2)c(C(=O)N2CCCC2)c1)c1cccc(F)c1. The quantitative estimate of drug-likeness (QED) is 0.482. The normalized spacial score (nSPS) is 16.2. The predicted octanol–water partition coefficient (Wildman–Crippen LogP) is 5.77. The van der Waals surface area contributed by atoms with Crippen molar-refractivity contribution >= 4 is 23.2 Å². The zero-order chi connectivity index (χ0) is 24.9. The number of piperidine rings is 1. The minimum atomic E-state index is -0.460. The fraction of sp³-hybridized carbons (Fsp3) is 0.333. The topological polar surface area (TPSA) is 52.7 Å². The van der Waals surface area contributed by atoms with Gasteiger partial charge in [0.1, 0.15) is 5.82 Å². The lowest BCUT2D eigenvalue weighted by molar-refractivity contribution is 0.0793. The van der Waals surface area contributed by atoms with Gasteiger partial charge >= 0.3 is 0 Å². The zero-order valence-corrected chi connectivity index (χ0v) is 20.5. The van der Waals surface area contributed by atoms with Gasteiger partial charge < -0.3 is 15.1 Å². The number of carbonyl (C=O) groups is 2. The molecule has 0 radical (unpaired) electrons. The number of hydrogen-bond acceptors (Lipinski definition) is 3. The third-order valence-electron chi connectivity index (χ3n) is 7.29. The van der Waals surface area contributed by atoms with Crippen LogP contribution in [0, 0.1) is 11.7 Å². The molecule has 186 valence electrons. The summed E-state index contributed by atoms with van der Waals surface area (Å²) < 4.78 is 13.6. The molecule has 0 aromatic heterocycles. The Morgan fingerprint density at radius 1 is 0.861 bits per heavy atom. The van der Waals surface area contributed by atoms with E-state index in [-0.39, 0.29) is 11.5 Å². The first-order valence-electron chi connectivity index (χ1n) is 12.9. The number of nitrogens with one attached hydrogen (secondary N) is 1. The molecule has 0 spiro atoms. The van der Waals surface area contributed by atoms with E-state index in [1.54, 1.807) is 12.1 Å². The largest absolute Gasteiger partial charge is 0.371 e. The molecule has 1 N–H and O–H groups in total. The van der Waals surface area contributed by atoms with Crippen molar-refractivity contribution in [2.24, 2.45) is 5.92 Å². The summed E-state index contributed by atoms with van der Waals surface area (Å²) >= 11 is 0. The van der Waals surface area contributed by atoms with Crippen LogP contribution in [0.5, 0.6) is 0 Å². The average molecular weight is 486 g/mol. The van der Waals surface area contributed by atoms with Crippen LogP contribution in [-0.4, -0.2) is 42.9 Å². The number of rotatable bonds is 6. The molecule has 3 aromatic rings. The molecule has 2 amide bonds. The lowest BCUT2D eigenvalue weighted by atomic mass is 9.89. The smallest absolute Gasteiger partial charge is 0.256 e. The van der Waals surface area contributed by atoms with Crippen LogP contribution < -0.4 is 10.2 Å². The summed E-state index contributed by atoms with van der Waals surface area (Å²) in [7, 11) is 0. The molecule has 2 fully saturated rings. The van der Waals surface area contributed by atoms with E-state index in [1.165, 1.54) is 23.8 Å². The molecular weight excluding hydrogens is 453 g/mol. The third-order valence-corrected chi connectivity index (χ3v) is 7.29. The maximum absolute atomic E-state index is 13.6. The van der Waals surface area contributed by atoms with Crippen molar-refractivity contribution in [1.29, 1.82) is 0 Å². The summed E-state index contributed by atoms with van der Waals surface area (Å²) in [6, 6.07) is 21.8. The Morgan fingerprint density at radius 3 is 2.33 bits per heavy atom. The van der Waals surface area contributed by atoms with Crippen LogP contribution >= 0.6 is 0 Å². The molecule has 2 aliphatic rings. The van der Waals surface area contributed by atoms with E-state index >= 15 is 0 Å². The van der Waals surface area contributed by atoms with Crippen molar-refractivity contribution in [1.82, 2.24) is 4.90 Å². The Labute approximate surface area is 211 Å². The minimum absolute atomic E-state index is 0.00997. The number of carbonyl (C=O) groups excluding carboxylic acids is 2. The Morgan fingerprint density at radius 2 is 1.61 bits per heavy atom.